The number of carbonyl (C=O) groups is 2. The lowest BCUT2D eigenvalue weighted by Gasteiger charge is -2.26. The lowest BCUT2D eigenvalue weighted by atomic mass is 9.96. The first-order chi connectivity index (χ1) is 12.1. The predicted molar refractivity (Wildman–Crippen MR) is 91.4 cm³/mol. The zero-order chi connectivity index (χ0) is 17.7. The highest BCUT2D eigenvalue weighted by Crippen LogP contribution is 2.36. The molecule has 0 aliphatic heterocycles. The number of carbonyl (C=O) groups excluding carboxylic acids is 2. The van der Waals surface area contributed by atoms with Crippen LogP contribution in [0.1, 0.15) is 37.1 Å². The number of H-pyrrole nitrogens is 1. The van der Waals surface area contributed by atoms with Crippen molar-refractivity contribution in [3.63, 3.8) is 0 Å². The van der Waals surface area contributed by atoms with Crippen molar-refractivity contribution >= 4 is 17.5 Å². The Kier molecular flexibility index (Phi) is 4.87. The van der Waals surface area contributed by atoms with Gasteiger partial charge >= 0.3 is 0 Å². The van der Waals surface area contributed by atoms with E-state index >= 15 is 0 Å². The van der Waals surface area contributed by atoms with Crippen LogP contribution in [0.2, 0.25) is 0 Å². The van der Waals surface area contributed by atoms with Gasteiger partial charge in [-0.25, -0.2) is 0 Å². The van der Waals surface area contributed by atoms with Gasteiger partial charge in [0.05, 0.1) is 6.42 Å². The smallest absolute Gasteiger partial charge is 0.247 e. The van der Waals surface area contributed by atoms with Crippen LogP contribution >= 0.6 is 0 Å². The molecule has 3 N–H and O–H groups in total. The minimum Gasteiger partial charge on any atom is -0.343 e. The molecule has 2 aromatic rings. The van der Waals surface area contributed by atoms with Crippen LogP contribution in [0, 0.1) is 0 Å². The van der Waals surface area contributed by atoms with E-state index in [0.717, 1.165) is 31.2 Å². The van der Waals surface area contributed by atoms with Crippen LogP contribution in [-0.4, -0.2) is 32.4 Å². The van der Waals surface area contributed by atoms with Crippen molar-refractivity contribution in [2.24, 2.45) is 0 Å². The number of tetrazole rings is 1. The van der Waals surface area contributed by atoms with Gasteiger partial charge in [-0.1, -0.05) is 36.8 Å². The summed E-state index contributed by atoms with van der Waals surface area (Å²) in [5, 5.41) is 20.0. The Balaban J connectivity index is 1.64. The second-order valence-electron chi connectivity index (χ2n) is 6.14. The van der Waals surface area contributed by atoms with Crippen LogP contribution in [0.5, 0.6) is 0 Å². The number of hydrogen-bond donors (Lipinski definition) is 3. The average molecular weight is 340 g/mol. The summed E-state index contributed by atoms with van der Waals surface area (Å²) >= 11 is 0. The van der Waals surface area contributed by atoms with Crippen molar-refractivity contribution in [2.75, 3.05) is 5.32 Å². The summed E-state index contributed by atoms with van der Waals surface area (Å²) in [6.07, 6.45) is 5.12. The number of benzene rings is 1. The van der Waals surface area contributed by atoms with Gasteiger partial charge in [0.2, 0.25) is 11.8 Å². The molecule has 130 valence electrons. The highest BCUT2D eigenvalue weighted by atomic mass is 16.2. The molecule has 25 heavy (non-hydrogen) atoms. The number of anilines is 1. The van der Waals surface area contributed by atoms with E-state index in [0.29, 0.717) is 11.5 Å². The second-order valence-corrected chi connectivity index (χ2v) is 6.14. The fraction of sp³-hybridized carbons (Fsp3) is 0.353. The van der Waals surface area contributed by atoms with Crippen LogP contribution in [0.25, 0.3) is 0 Å². The fourth-order valence-electron chi connectivity index (χ4n) is 3.14. The maximum atomic E-state index is 12.5. The zero-order valence-electron chi connectivity index (χ0n) is 13.8. The van der Waals surface area contributed by atoms with E-state index < -0.39 is 5.54 Å². The van der Waals surface area contributed by atoms with Crippen molar-refractivity contribution in [1.29, 1.82) is 0 Å². The Morgan fingerprint density at radius 2 is 1.96 bits per heavy atom. The highest BCUT2D eigenvalue weighted by Gasteiger charge is 2.40. The van der Waals surface area contributed by atoms with Gasteiger partial charge in [-0.3, -0.25) is 9.59 Å². The van der Waals surface area contributed by atoms with Gasteiger partial charge < -0.3 is 10.6 Å². The molecule has 0 bridgehead atoms. The predicted octanol–water partition coefficient (Wildman–Crippen LogP) is 1.45. The molecule has 1 aromatic heterocycles. The lowest BCUT2D eigenvalue weighted by Crippen LogP contribution is -2.45. The molecule has 0 unspecified atom stereocenters. The van der Waals surface area contributed by atoms with Crippen molar-refractivity contribution in [3.8, 4) is 0 Å². The minimum atomic E-state index is -0.526. The molecular weight excluding hydrogens is 320 g/mol. The molecule has 8 heteroatoms. The quantitative estimate of drug-likeness (QED) is 0.689. The average Bonchev–Trinajstić information content (AvgIpc) is 3.28. The van der Waals surface area contributed by atoms with Gasteiger partial charge in [-0.15, -0.1) is 10.2 Å². The third-order valence-electron chi connectivity index (χ3n) is 4.38. The molecule has 8 nitrogen and oxygen atoms in total. The number of aromatic amines is 1. The van der Waals surface area contributed by atoms with Gasteiger partial charge in [0.15, 0.2) is 5.82 Å². The van der Waals surface area contributed by atoms with Crippen molar-refractivity contribution in [2.45, 2.75) is 37.6 Å². The molecule has 1 aliphatic carbocycles. The largest absolute Gasteiger partial charge is 0.343 e. The Morgan fingerprint density at radius 3 is 2.56 bits per heavy atom. The molecule has 1 aliphatic rings. The van der Waals surface area contributed by atoms with Gasteiger partial charge in [-0.05, 0) is 36.6 Å². The highest BCUT2D eigenvalue weighted by molar-refractivity contribution is 5.98. The first-order valence-corrected chi connectivity index (χ1v) is 8.19. The normalized spacial score (nSPS) is 15.5. The minimum absolute atomic E-state index is 0.0884. The number of hydrogen-bond acceptors (Lipinski definition) is 5. The monoisotopic (exact) mass is 340 g/mol. The summed E-state index contributed by atoms with van der Waals surface area (Å²) in [4.78, 5) is 23.8. The van der Waals surface area contributed by atoms with Crippen LogP contribution in [-0.2, 0) is 21.5 Å². The molecule has 0 spiro atoms. The molecule has 0 saturated heterocycles. The molecule has 0 radical (unpaired) electrons. The number of nitrogens with one attached hydrogen (secondary N) is 3. The molecule has 3 rings (SSSR count). The Bertz CT molecular complexity index is 748. The van der Waals surface area contributed by atoms with E-state index in [1.54, 1.807) is 12.1 Å². The van der Waals surface area contributed by atoms with Gasteiger partial charge in [-0.2, -0.15) is 5.21 Å². The van der Waals surface area contributed by atoms with E-state index in [9.17, 15) is 9.59 Å². The molecule has 1 fully saturated rings. The summed E-state index contributed by atoms with van der Waals surface area (Å²) in [5.74, 6) is 0.184. The van der Waals surface area contributed by atoms with Crippen LogP contribution < -0.4 is 10.6 Å². The molecule has 0 atom stereocenters. The Morgan fingerprint density at radius 1 is 1.24 bits per heavy atom. The number of amides is 2. The van der Waals surface area contributed by atoms with E-state index in [1.165, 1.54) is 6.08 Å². The molecule has 1 heterocycles. The summed E-state index contributed by atoms with van der Waals surface area (Å²) in [6.45, 7) is 3.41. The SMILES string of the molecule is C=CC(=O)Nc1ccc(CC(=O)NC2(c3nn[nH]n3)CCCC2)cc1. The fourth-order valence-corrected chi connectivity index (χ4v) is 3.14. The Hall–Kier alpha value is -3.03. The maximum Gasteiger partial charge on any atom is 0.247 e. The summed E-state index contributed by atoms with van der Waals surface area (Å²) in [7, 11) is 0. The van der Waals surface area contributed by atoms with Crippen LogP contribution in [0.15, 0.2) is 36.9 Å². The van der Waals surface area contributed by atoms with Crippen molar-refractivity contribution < 1.29 is 9.59 Å². The molecule has 1 aromatic carbocycles. The third-order valence-corrected chi connectivity index (χ3v) is 4.38. The molecule has 1 saturated carbocycles. The van der Waals surface area contributed by atoms with E-state index in [2.05, 4.69) is 37.8 Å². The maximum absolute atomic E-state index is 12.5. The van der Waals surface area contributed by atoms with E-state index in [-0.39, 0.29) is 18.2 Å². The Labute approximate surface area is 145 Å². The summed E-state index contributed by atoms with van der Waals surface area (Å²) < 4.78 is 0. The third kappa shape index (κ3) is 3.90. The van der Waals surface area contributed by atoms with Crippen LogP contribution in [0.3, 0.4) is 0 Å². The second kappa shape index (κ2) is 7.25. The first kappa shape index (κ1) is 16.8. The molecular formula is C17H20N6O2. The van der Waals surface area contributed by atoms with Gasteiger partial charge in [0.25, 0.3) is 0 Å². The number of aromatic nitrogens is 4. The van der Waals surface area contributed by atoms with E-state index in [4.69, 9.17) is 0 Å². The van der Waals surface area contributed by atoms with Crippen LogP contribution in [0.4, 0.5) is 5.69 Å². The van der Waals surface area contributed by atoms with Crippen molar-refractivity contribution in [1.82, 2.24) is 25.9 Å². The van der Waals surface area contributed by atoms with Gasteiger partial charge in [0.1, 0.15) is 5.54 Å². The lowest BCUT2D eigenvalue weighted by molar-refractivity contribution is -0.122. The van der Waals surface area contributed by atoms with Crippen molar-refractivity contribution in [3.05, 3.63) is 48.3 Å². The summed E-state index contributed by atoms with van der Waals surface area (Å²) in [5.41, 5.74) is 0.991. The van der Waals surface area contributed by atoms with E-state index in [1.807, 2.05) is 12.1 Å². The number of nitrogens with zero attached hydrogens (tertiary/aromatic N) is 3. The van der Waals surface area contributed by atoms with Gasteiger partial charge in [0, 0.05) is 5.69 Å². The topological polar surface area (TPSA) is 113 Å². The molecule has 2 amide bonds. The standard InChI is InChI=1S/C17H20N6O2/c1-2-14(24)18-13-7-5-12(6-8-13)11-15(25)19-17(9-3-4-10-17)16-20-22-23-21-16/h2,5-8H,1,3-4,9-11H2,(H,18,24)(H,19,25)(H,20,21,22,23). The summed E-state index contributed by atoms with van der Waals surface area (Å²) in [6, 6.07) is 7.14. The number of rotatable bonds is 6. The zero-order valence-corrected chi connectivity index (χ0v) is 13.8. The first-order valence-electron chi connectivity index (χ1n) is 8.19.